The number of rotatable bonds is 2. The highest BCUT2D eigenvalue weighted by atomic mass is 16.7. The van der Waals surface area contributed by atoms with Crippen LogP contribution in [0.2, 0.25) is 0 Å². The molecule has 0 atom stereocenters. The zero-order valence-corrected chi connectivity index (χ0v) is 11.8. The van der Waals surface area contributed by atoms with E-state index in [1.165, 1.54) is 0 Å². The quantitative estimate of drug-likeness (QED) is 0.827. The van der Waals surface area contributed by atoms with Crippen LogP contribution in [0.4, 0.5) is 0 Å². The van der Waals surface area contributed by atoms with Gasteiger partial charge in [0.25, 0.3) is 0 Å². The van der Waals surface area contributed by atoms with Crippen LogP contribution in [0.5, 0.6) is 0 Å². The lowest BCUT2D eigenvalue weighted by Crippen LogP contribution is -2.38. The summed E-state index contributed by atoms with van der Waals surface area (Å²) < 4.78 is 11.4. The second kappa shape index (κ2) is 4.59. The summed E-state index contributed by atoms with van der Waals surface area (Å²) in [5, 5.41) is 19.7. The van der Waals surface area contributed by atoms with E-state index in [-0.39, 0.29) is 5.60 Å². The van der Waals surface area contributed by atoms with E-state index in [9.17, 15) is 10.4 Å². The van der Waals surface area contributed by atoms with E-state index in [1.54, 1.807) is 6.07 Å². The fraction of sp³-hybridized carbons (Fsp3) is 0.533. The molecule has 5 heteroatoms. The summed E-state index contributed by atoms with van der Waals surface area (Å²) in [6, 6.07) is 7.69. The summed E-state index contributed by atoms with van der Waals surface area (Å²) in [7, 11) is -0.496. The van der Waals surface area contributed by atoms with Gasteiger partial charge < -0.3 is 14.4 Å². The molecule has 1 aromatic rings. The summed E-state index contributed by atoms with van der Waals surface area (Å²) >= 11 is 0. The molecule has 1 saturated heterocycles. The van der Waals surface area contributed by atoms with Crippen LogP contribution in [0.15, 0.2) is 18.2 Å². The number of nitriles is 1. The molecule has 0 amide bonds. The number of aliphatic hydroxyl groups is 1. The first kappa shape index (κ1) is 13.6. The third kappa shape index (κ3) is 2.24. The van der Waals surface area contributed by atoms with Crippen molar-refractivity contribution < 1.29 is 14.4 Å². The van der Waals surface area contributed by atoms with E-state index in [0.717, 1.165) is 30.3 Å². The molecule has 1 saturated carbocycles. The number of nitrogens with zero attached hydrogens (tertiary/aromatic N) is 1. The number of hydrogen-bond donors (Lipinski definition) is 1. The largest absolute Gasteiger partial charge is 0.495 e. The molecule has 104 valence electrons. The molecule has 1 aromatic carbocycles. The van der Waals surface area contributed by atoms with Crippen LogP contribution in [-0.4, -0.2) is 24.4 Å². The van der Waals surface area contributed by atoms with Crippen LogP contribution in [-0.2, 0) is 14.9 Å². The maximum atomic E-state index is 10.4. The summed E-state index contributed by atoms with van der Waals surface area (Å²) in [6.07, 6.45) is 2.56. The molecule has 2 fully saturated rings. The molecule has 1 aliphatic carbocycles. The molecule has 0 bridgehead atoms. The van der Waals surface area contributed by atoms with Crippen LogP contribution in [0, 0.1) is 11.3 Å². The van der Waals surface area contributed by atoms with Crippen molar-refractivity contribution >= 4 is 12.6 Å². The van der Waals surface area contributed by atoms with Gasteiger partial charge in [-0.25, -0.2) is 0 Å². The normalized spacial score (nSPS) is 23.2. The Balaban J connectivity index is 1.91. The molecule has 1 heterocycles. The molecular formula is C15H18BNO3. The van der Waals surface area contributed by atoms with Gasteiger partial charge in [0.05, 0.1) is 29.4 Å². The Morgan fingerprint density at radius 2 is 2.10 bits per heavy atom. The maximum Gasteiger partial charge on any atom is 0.495 e. The predicted molar refractivity (Wildman–Crippen MR) is 75.4 cm³/mol. The number of hydrogen-bond acceptors (Lipinski definition) is 4. The molecule has 0 aromatic heterocycles. The zero-order valence-electron chi connectivity index (χ0n) is 11.8. The van der Waals surface area contributed by atoms with Gasteiger partial charge in [0.2, 0.25) is 0 Å². The van der Waals surface area contributed by atoms with E-state index in [1.807, 2.05) is 26.0 Å². The number of benzene rings is 1. The lowest BCUT2D eigenvalue weighted by Gasteiger charge is -2.37. The lowest BCUT2D eigenvalue weighted by atomic mass is 9.71. The highest BCUT2D eigenvalue weighted by Crippen LogP contribution is 2.41. The Hall–Kier alpha value is -1.35. The first-order valence-corrected chi connectivity index (χ1v) is 7.00. The zero-order chi connectivity index (χ0) is 14.4. The Morgan fingerprint density at radius 3 is 2.60 bits per heavy atom. The predicted octanol–water partition coefficient (Wildman–Crippen LogP) is 1.45. The van der Waals surface area contributed by atoms with Gasteiger partial charge in [-0.2, -0.15) is 5.26 Å². The van der Waals surface area contributed by atoms with E-state index in [0.29, 0.717) is 12.2 Å². The minimum atomic E-state index is -0.749. The van der Waals surface area contributed by atoms with Crippen LogP contribution in [0.25, 0.3) is 0 Å². The van der Waals surface area contributed by atoms with Crippen molar-refractivity contribution in [2.45, 2.75) is 44.3 Å². The summed E-state index contributed by atoms with van der Waals surface area (Å²) in [5.74, 6) is 0. The SMILES string of the molecule is CC1(C)COB(c2ccc(C3(O)CCC3)cc2C#N)O1. The Labute approximate surface area is 119 Å². The van der Waals surface area contributed by atoms with Gasteiger partial charge in [-0.1, -0.05) is 12.1 Å². The van der Waals surface area contributed by atoms with Gasteiger partial charge >= 0.3 is 7.12 Å². The van der Waals surface area contributed by atoms with E-state index < -0.39 is 12.7 Å². The molecule has 1 aliphatic heterocycles. The summed E-state index contributed by atoms with van der Waals surface area (Å²) in [4.78, 5) is 0. The summed E-state index contributed by atoms with van der Waals surface area (Å²) in [5.41, 5.74) is 1.000. The highest BCUT2D eigenvalue weighted by Gasteiger charge is 2.41. The lowest BCUT2D eigenvalue weighted by molar-refractivity contribution is -0.0388. The highest BCUT2D eigenvalue weighted by molar-refractivity contribution is 6.62. The van der Waals surface area contributed by atoms with Gasteiger partial charge in [-0.3, -0.25) is 0 Å². The maximum absolute atomic E-state index is 10.4. The van der Waals surface area contributed by atoms with Crippen molar-refractivity contribution in [3.05, 3.63) is 29.3 Å². The van der Waals surface area contributed by atoms with Crippen molar-refractivity contribution in [3.8, 4) is 6.07 Å². The Bertz CT molecular complexity index is 575. The van der Waals surface area contributed by atoms with Crippen molar-refractivity contribution in [1.29, 1.82) is 5.26 Å². The third-order valence-corrected chi connectivity index (χ3v) is 4.15. The Kier molecular flexibility index (Phi) is 3.13. The Morgan fingerprint density at radius 1 is 1.35 bits per heavy atom. The molecule has 0 unspecified atom stereocenters. The summed E-state index contributed by atoms with van der Waals surface area (Å²) in [6.45, 7) is 4.43. The minimum absolute atomic E-state index is 0.331. The van der Waals surface area contributed by atoms with Crippen LogP contribution in [0.3, 0.4) is 0 Å². The topological polar surface area (TPSA) is 62.5 Å². The van der Waals surface area contributed by atoms with E-state index >= 15 is 0 Å². The smallest absolute Gasteiger partial charge is 0.404 e. The molecule has 0 spiro atoms. The first-order valence-electron chi connectivity index (χ1n) is 7.00. The standard InChI is InChI=1S/C15H18BNO3/c1-14(2)10-19-16(20-14)13-5-4-12(8-11(13)9-17)15(18)6-3-7-15/h4-5,8,18H,3,6-7,10H2,1-2H3. The molecule has 20 heavy (non-hydrogen) atoms. The van der Waals surface area contributed by atoms with Crippen molar-refractivity contribution in [2.75, 3.05) is 6.61 Å². The third-order valence-electron chi connectivity index (χ3n) is 4.15. The molecule has 1 N–H and O–H groups in total. The molecule has 2 aliphatic rings. The molecule has 0 radical (unpaired) electrons. The van der Waals surface area contributed by atoms with E-state index in [4.69, 9.17) is 9.31 Å². The first-order chi connectivity index (χ1) is 9.43. The van der Waals surface area contributed by atoms with Crippen molar-refractivity contribution in [2.24, 2.45) is 0 Å². The second-order valence-corrected chi connectivity index (χ2v) is 6.32. The molecule has 3 rings (SSSR count). The van der Waals surface area contributed by atoms with Crippen LogP contribution in [0.1, 0.15) is 44.2 Å². The average Bonchev–Trinajstić information content (AvgIpc) is 2.75. The van der Waals surface area contributed by atoms with Crippen LogP contribution >= 0.6 is 0 Å². The average molecular weight is 271 g/mol. The second-order valence-electron chi connectivity index (χ2n) is 6.32. The molecular weight excluding hydrogens is 253 g/mol. The fourth-order valence-corrected chi connectivity index (χ4v) is 2.74. The van der Waals surface area contributed by atoms with Gasteiger partial charge in [-0.05, 0) is 44.7 Å². The fourth-order valence-electron chi connectivity index (χ4n) is 2.74. The van der Waals surface area contributed by atoms with Gasteiger partial charge in [-0.15, -0.1) is 0 Å². The molecule has 4 nitrogen and oxygen atoms in total. The van der Waals surface area contributed by atoms with Crippen LogP contribution < -0.4 is 5.46 Å². The van der Waals surface area contributed by atoms with E-state index in [2.05, 4.69) is 6.07 Å². The monoisotopic (exact) mass is 271 g/mol. The van der Waals surface area contributed by atoms with Gasteiger partial charge in [0.15, 0.2) is 0 Å². The van der Waals surface area contributed by atoms with Gasteiger partial charge in [0, 0.05) is 5.46 Å². The minimum Gasteiger partial charge on any atom is -0.404 e. The van der Waals surface area contributed by atoms with Crippen molar-refractivity contribution in [3.63, 3.8) is 0 Å². The van der Waals surface area contributed by atoms with Gasteiger partial charge in [0.1, 0.15) is 0 Å². The van der Waals surface area contributed by atoms with Crippen molar-refractivity contribution in [1.82, 2.24) is 0 Å².